The molecule has 9 rings (SSSR count). The van der Waals surface area contributed by atoms with E-state index in [1.54, 1.807) is 0 Å². The van der Waals surface area contributed by atoms with E-state index in [1.165, 1.54) is 42.3 Å². The minimum Gasteiger partial charge on any atom is -0.309 e. The number of imidazole rings is 1. The van der Waals surface area contributed by atoms with E-state index in [1.807, 2.05) is 11.3 Å². The summed E-state index contributed by atoms with van der Waals surface area (Å²) >= 11 is 1.88. The van der Waals surface area contributed by atoms with E-state index in [-0.39, 0.29) is 0 Å². The highest BCUT2D eigenvalue weighted by molar-refractivity contribution is 7.23. The van der Waals surface area contributed by atoms with Gasteiger partial charge in [0.05, 0.1) is 22.1 Å². The summed E-state index contributed by atoms with van der Waals surface area (Å²) in [6.07, 6.45) is 0. The van der Waals surface area contributed by atoms with Crippen LogP contribution in [0, 0.1) is 0 Å². The second kappa shape index (κ2) is 9.55. The molecule has 0 saturated heterocycles. The summed E-state index contributed by atoms with van der Waals surface area (Å²) in [5.41, 5.74) is 9.05. The number of para-hydroxylation sites is 4. The lowest BCUT2D eigenvalue weighted by atomic mass is 10.1. The molecule has 0 aliphatic carbocycles. The average molecular weight is 568 g/mol. The molecule has 0 aliphatic rings. The lowest BCUT2D eigenvalue weighted by Gasteiger charge is -2.12. The molecule has 0 radical (unpaired) electrons. The third-order valence-electron chi connectivity index (χ3n) is 8.32. The Morgan fingerprint density at radius 2 is 1.19 bits per heavy atom. The standard InChI is InChI=1S/C39H25N3S/c1-3-12-26(13-4-1)36-25-27-22-23-35-37(38(27)43-36)31-18-7-9-20-33(31)41(35)30-17-11-14-28(24-30)39-40-32-19-8-10-21-34(32)42(39)29-15-5-2-6-16-29/h1-25H. The highest BCUT2D eigenvalue weighted by atomic mass is 32.1. The number of rotatable bonds is 4. The van der Waals surface area contributed by atoms with Crippen LogP contribution in [-0.4, -0.2) is 14.1 Å². The molecule has 0 aliphatic heterocycles. The second-order valence-corrected chi connectivity index (χ2v) is 11.9. The van der Waals surface area contributed by atoms with Gasteiger partial charge in [-0.2, -0.15) is 0 Å². The Morgan fingerprint density at radius 3 is 2.05 bits per heavy atom. The summed E-state index contributed by atoms with van der Waals surface area (Å²) in [5.74, 6) is 0.933. The number of hydrogen-bond acceptors (Lipinski definition) is 2. The van der Waals surface area contributed by atoms with E-state index >= 15 is 0 Å². The number of aromatic nitrogens is 3. The van der Waals surface area contributed by atoms with E-state index in [9.17, 15) is 0 Å². The van der Waals surface area contributed by atoms with E-state index in [0.717, 1.165) is 33.8 Å². The Labute approximate surface area is 252 Å². The summed E-state index contributed by atoms with van der Waals surface area (Å²) in [6, 6.07) is 54.0. The lowest BCUT2D eigenvalue weighted by molar-refractivity contribution is 1.10. The quantitative estimate of drug-likeness (QED) is 0.207. The summed E-state index contributed by atoms with van der Waals surface area (Å²) in [7, 11) is 0. The van der Waals surface area contributed by atoms with Gasteiger partial charge in [-0.1, -0.05) is 97.1 Å². The van der Waals surface area contributed by atoms with Gasteiger partial charge in [0.15, 0.2) is 0 Å². The summed E-state index contributed by atoms with van der Waals surface area (Å²) in [4.78, 5) is 6.43. The Morgan fingerprint density at radius 1 is 0.488 bits per heavy atom. The zero-order chi connectivity index (χ0) is 28.3. The lowest BCUT2D eigenvalue weighted by Crippen LogP contribution is -1.99. The minimum absolute atomic E-state index is 0.933. The first-order chi connectivity index (χ1) is 21.3. The molecule has 9 aromatic rings. The van der Waals surface area contributed by atoms with Crippen molar-refractivity contribution in [1.29, 1.82) is 0 Å². The van der Waals surface area contributed by atoms with E-state index < -0.39 is 0 Å². The predicted octanol–water partition coefficient (Wildman–Crippen LogP) is 10.7. The van der Waals surface area contributed by atoms with Crippen molar-refractivity contribution in [1.82, 2.24) is 14.1 Å². The van der Waals surface area contributed by atoms with Gasteiger partial charge in [0.25, 0.3) is 0 Å². The molecule has 0 amide bonds. The number of hydrogen-bond donors (Lipinski definition) is 0. The molecule has 3 aromatic heterocycles. The van der Waals surface area contributed by atoms with Crippen LogP contribution in [0.3, 0.4) is 0 Å². The van der Waals surface area contributed by atoms with Crippen LogP contribution in [0.1, 0.15) is 0 Å². The Hall–Kier alpha value is -5.45. The van der Waals surface area contributed by atoms with Gasteiger partial charge in [-0.3, -0.25) is 4.57 Å². The first kappa shape index (κ1) is 24.2. The third-order valence-corrected chi connectivity index (χ3v) is 9.53. The topological polar surface area (TPSA) is 22.8 Å². The van der Waals surface area contributed by atoms with Crippen molar-refractivity contribution in [2.75, 3.05) is 0 Å². The third kappa shape index (κ3) is 3.77. The highest BCUT2D eigenvalue weighted by Gasteiger charge is 2.19. The average Bonchev–Trinajstić information content (AvgIpc) is 3.77. The molecular weight excluding hydrogens is 543 g/mol. The zero-order valence-corrected chi connectivity index (χ0v) is 24.0. The van der Waals surface area contributed by atoms with Gasteiger partial charge in [-0.05, 0) is 65.5 Å². The molecule has 0 fully saturated rings. The maximum Gasteiger partial charge on any atom is 0.145 e. The monoisotopic (exact) mass is 567 g/mol. The number of fused-ring (bicyclic) bond motifs is 6. The molecule has 0 bridgehead atoms. The molecule has 4 heteroatoms. The fourth-order valence-electron chi connectivity index (χ4n) is 6.41. The van der Waals surface area contributed by atoms with Crippen LogP contribution in [0.2, 0.25) is 0 Å². The van der Waals surface area contributed by atoms with Gasteiger partial charge in [0.2, 0.25) is 0 Å². The normalized spacial score (nSPS) is 11.7. The maximum atomic E-state index is 5.13. The Balaban J connectivity index is 1.29. The van der Waals surface area contributed by atoms with Crippen LogP contribution < -0.4 is 0 Å². The summed E-state index contributed by atoms with van der Waals surface area (Å²) < 4.78 is 6.00. The fourth-order valence-corrected chi connectivity index (χ4v) is 7.64. The van der Waals surface area contributed by atoms with Crippen molar-refractivity contribution in [3.63, 3.8) is 0 Å². The van der Waals surface area contributed by atoms with Crippen LogP contribution in [0.15, 0.2) is 152 Å². The minimum atomic E-state index is 0.933. The smallest absolute Gasteiger partial charge is 0.145 e. The summed E-state index contributed by atoms with van der Waals surface area (Å²) in [5, 5.41) is 3.86. The van der Waals surface area contributed by atoms with Gasteiger partial charge in [-0.15, -0.1) is 11.3 Å². The first-order valence-corrected chi connectivity index (χ1v) is 15.3. The van der Waals surface area contributed by atoms with Gasteiger partial charge in [0.1, 0.15) is 5.82 Å². The first-order valence-electron chi connectivity index (χ1n) is 14.5. The Bertz CT molecular complexity index is 2450. The van der Waals surface area contributed by atoms with Gasteiger partial charge in [-0.25, -0.2) is 4.98 Å². The highest BCUT2D eigenvalue weighted by Crippen LogP contribution is 2.43. The van der Waals surface area contributed by atoms with Crippen molar-refractivity contribution in [3.8, 4) is 33.2 Å². The van der Waals surface area contributed by atoms with E-state index in [4.69, 9.17) is 4.98 Å². The fraction of sp³-hybridized carbons (Fsp3) is 0. The molecule has 0 saturated carbocycles. The summed E-state index contributed by atoms with van der Waals surface area (Å²) in [6.45, 7) is 0. The van der Waals surface area contributed by atoms with Crippen molar-refractivity contribution < 1.29 is 0 Å². The van der Waals surface area contributed by atoms with Crippen LogP contribution in [0.5, 0.6) is 0 Å². The molecule has 6 aromatic carbocycles. The van der Waals surface area contributed by atoms with Crippen molar-refractivity contribution in [2.45, 2.75) is 0 Å². The van der Waals surface area contributed by atoms with Crippen molar-refractivity contribution >= 4 is 54.3 Å². The maximum absolute atomic E-state index is 5.13. The van der Waals surface area contributed by atoms with E-state index in [2.05, 4.69) is 161 Å². The van der Waals surface area contributed by atoms with Crippen LogP contribution in [-0.2, 0) is 0 Å². The molecule has 3 heterocycles. The van der Waals surface area contributed by atoms with Gasteiger partial charge in [0, 0.05) is 37.3 Å². The molecule has 202 valence electrons. The zero-order valence-electron chi connectivity index (χ0n) is 23.2. The van der Waals surface area contributed by atoms with Crippen LogP contribution in [0.25, 0.3) is 76.1 Å². The molecular formula is C39H25N3S. The van der Waals surface area contributed by atoms with E-state index in [0.29, 0.717) is 0 Å². The van der Waals surface area contributed by atoms with Crippen LogP contribution in [0.4, 0.5) is 0 Å². The van der Waals surface area contributed by atoms with Crippen molar-refractivity contribution in [2.24, 2.45) is 0 Å². The predicted molar refractivity (Wildman–Crippen MR) is 182 cm³/mol. The van der Waals surface area contributed by atoms with Gasteiger partial charge >= 0.3 is 0 Å². The molecule has 43 heavy (non-hydrogen) atoms. The molecule has 3 nitrogen and oxygen atoms in total. The second-order valence-electron chi connectivity index (χ2n) is 10.9. The van der Waals surface area contributed by atoms with Crippen molar-refractivity contribution in [3.05, 3.63) is 152 Å². The number of benzene rings is 6. The molecule has 0 N–H and O–H groups in total. The molecule has 0 spiro atoms. The number of nitrogens with zero attached hydrogens (tertiary/aromatic N) is 3. The Kier molecular flexibility index (Phi) is 5.37. The van der Waals surface area contributed by atoms with Crippen LogP contribution >= 0.6 is 11.3 Å². The molecule has 0 unspecified atom stereocenters. The number of thiophene rings is 1. The SMILES string of the molecule is c1ccc(-c2cc3ccc4c(c5ccccc5n4-c4cccc(-c5nc6ccccc6n5-c5ccccc5)c4)c3s2)cc1. The largest absolute Gasteiger partial charge is 0.309 e. The molecule has 0 atom stereocenters. The van der Waals surface area contributed by atoms with Gasteiger partial charge < -0.3 is 4.57 Å².